The van der Waals surface area contributed by atoms with Crippen LogP contribution in [0.1, 0.15) is 6.42 Å². The van der Waals surface area contributed by atoms with Crippen molar-refractivity contribution in [1.29, 1.82) is 0 Å². The molecular weight excluding hydrogens is 344 g/mol. The molecule has 86 valence electrons. The van der Waals surface area contributed by atoms with E-state index in [1.165, 1.54) is 12.1 Å². The molecule has 1 N–H and O–H groups in total. The summed E-state index contributed by atoms with van der Waals surface area (Å²) in [5, 5.41) is 13.7. The van der Waals surface area contributed by atoms with E-state index < -0.39 is 4.92 Å². The minimum absolute atomic E-state index is 0.128. The number of hydrogen-bond donors (Lipinski definition) is 1. The largest absolute Gasteiger partial charge is 0.320 e. The molecule has 0 fully saturated rings. The minimum Gasteiger partial charge on any atom is -0.320 e. The molecule has 0 bridgehead atoms. The number of nitrogens with zero attached hydrogens (tertiary/aromatic N) is 1. The standard InChI is InChI=1S/C9H8Br2N2O3/c10-4-3-9(14)12-7-2-1-6(11)5-8(7)13(15)16/h1-2,5H,3-4H2,(H,12,14). The van der Waals surface area contributed by atoms with Crippen LogP contribution in [0.4, 0.5) is 11.4 Å². The molecular formula is C9H8Br2N2O3. The van der Waals surface area contributed by atoms with Crippen molar-refractivity contribution in [1.82, 2.24) is 0 Å². The number of hydrogen-bond acceptors (Lipinski definition) is 3. The lowest BCUT2D eigenvalue weighted by molar-refractivity contribution is -0.384. The van der Waals surface area contributed by atoms with Gasteiger partial charge in [-0.2, -0.15) is 0 Å². The Hall–Kier alpha value is -0.950. The van der Waals surface area contributed by atoms with Crippen LogP contribution < -0.4 is 5.32 Å². The molecule has 1 rings (SSSR count). The first-order valence-corrected chi connectivity index (χ1v) is 6.26. The first-order valence-electron chi connectivity index (χ1n) is 4.34. The van der Waals surface area contributed by atoms with E-state index in [0.29, 0.717) is 9.80 Å². The van der Waals surface area contributed by atoms with Crippen LogP contribution in [0, 0.1) is 10.1 Å². The molecule has 0 aliphatic rings. The fourth-order valence-corrected chi connectivity index (χ4v) is 1.77. The molecule has 0 atom stereocenters. The van der Waals surface area contributed by atoms with Crippen molar-refractivity contribution < 1.29 is 9.72 Å². The van der Waals surface area contributed by atoms with Crippen LogP contribution in [0.15, 0.2) is 22.7 Å². The Morgan fingerprint density at radius 2 is 2.19 bits per heavy atom. The predicted octanol–water partition coefficient (Wildman–Crippen LogP) is 3.08. The molecule has 1 amide bonds. The average molecular weight is 352 g/mol. The van der Waals surface area contributed by atoms with Crippen molar-refractivity contribution >= 4 is 49.1 Å². The number of amides is 1. The van der Waals surface area contributed by atoms with Gasteiger partial charge in [-0.25, -0.2) is 0 Å². The first kappa shape index (κ1) is 13.1. The molecule has 0 spiro atoms. The van der Waals surface area contributed by atoms with Gasteiger partial charge >= 0.3 is 0 Å². The molecule has 7 heteroatoms. The molecule has 0 aromatic heterocycles. The quantitative estimate of drug-likeness (QED) is 0.514. The van der Waals surface area contributed by atoms with E-state index in [9.17, 15) is 14.9 Å². The van der Waals surface area contributed by atoms with Crippen LogP contribution >= 0.6 is 31.9 Å². The van der Waals surface area contributed by atoms with Gasteiger partial charge in [0.05, 0.1) is 4.92 Å². The van der Waals surface area contributed by atoms with Gasteiger partial charge in [0.15, 0.2) is 0 Å². The number of nitro groups is 1. The SMILES string of the molecule is O=C(CCBr)Nc1ccc(Br)cc1[N+](=O)[O-]. The summed E-state index contributed by atoms with van der Waals surface area (Å²) in [5.74, 6) is -0.262. The molecule has 16 heavy (non-hydrogen) atoms. The lowest BCUT2D eigenvalue weighted by Crippen LogP contribution is -2.12. The number of nitro benzene ring substituents is 1. The van der Waals surface area contributed by atoms with Crippen LogP contribution in [-0.2, 0) is 4.79 Å². The van der Waals surface area contributed by atoms with Crippen LogP contribution in [0.5, 0.6) is 0 Å². The number of anilines is 1. The third-order valence-corrected chi connectivity index (χ3v) is 2.64. The normalized spacial score (nSPS) is 9.88. The lowest BCUT2D eigenvalue weighted by atomic mass is 10.2. The van der Waals surface area contributed by atoms with Gasteiger partial charge in [0.2, 0.25) is 5.91 Å². The zero-order valence-corrected chi connectivity index (χ0v) is 11.2. The van der Waals surface area contributed by atoms with Crippen molar-refractivity contribution in [2.75, 3.05) is 10.6 Å². The number of rotatable bonds is 4. The topological polar surface area (TPSA) is 72.2 Å². The van der Waals surface area contributed by atoms with Crippen LogP contribution in [0.3, 0.4) is 0 Å². The smallest absolute Gasteiger partial charge is 0.293 e. The molecule has 0 saturated carbocycles. The molecule has 1 aromatic rings. The Balaban J connectivity index is 2.95. The first-order chi connectivity index (χ1) is 7.54. The molecule has 0 radical (unpaired) electrons. The van der Waals surface area contributed by atoms with Gasteiger partial charge in [-0.3, -0.25) is 14.9 Å². The van der Waals surface area contributed by atoms with Crippen molar-refractivity contribution in [2.45, 2.75) is 6.42 Å². The van der Waals surface area contributed by atoms with Gasteiger partial charge in [0.1, 0.15) is 5.69 Å². The van der Waals surface area contributed by atoms with Crippen LogP contribution in [-0.4, -0.2) is 16.2 Å². The number of carbonyl (C=O) groups excluding carboxylic acids is 1. The van der Waals surface area contributed by atoms with Crippen LogP contribution in [0.25, 0.3) is 0 Å². The van der Waals surface area contributed by atoms with Gasteiger partial charge in [-0.1, -0.05) is 31.9 Å². The highest BCUT2D eigenvalue weighted by atomic mass is 79.9. The van der Waals surface area contributed by atoms with E-state index in [0.717, 1.165) is 0 Å². The molecule has 0 saturated heterocycles. The van der Waals surface area contributed by atoms with Crippen LogP contribution in [0.2, 0.25) is 0 Å². The van der Waals surface area contributed by atoms with E-state index in [1.54, 1.807) is 6.07 Å². The number of alkyl halides is 1. The van der Waals surface area contributed by atoms with Crippen molar-refractivity contribution in [3.63, 3.8) is 0 Å². The Morgan fingerprint density at radius 3 is 2.75 bits per heavy atom. The number of benzene rings is 1. The molecule has 0 unspecified atom stereocenters. The minimum atomic E-state index is -0.533. The van der Waals surface area contributed by atoms with E-state index in [4.69, 9.17) is 0 Å². The summed E-state index contributed by atoms with van der Waals surface area (Å²) in [4.78, 5) is 21.5. The summed E-state index contributed by atoms with van der Waals surface area (Å²) in [6, 6.07) is 4.48. The van der Waals surface area contributed by atoms with E-state index >= 15 is 0 Å². The fraction of sp³-hybridized carbons (Fsp3) is 0.222. The maximum atomic E-state index is 11.3. The maximum Gasteiger partial charge on any atom is 0.293 e. The summed E-state index contributed by atoms with van der Waals surface area (Å²) in [7, 11) is 0. The summed E-state index contributed by atoms with van der Waals surface area (Å²) < 4.78 is 0.595. The third kappa shape index (κ3) is 3.57. The number of halogens is 2. The summed E-state index contributed by atoms with van der Waals surface area (Å²) >= 11 is 6.26. The fourth-order valence-electron chi connectivity index (χ4n) is 1.06. The average Bonchev–Trinajstić information content (AvgIpc) is 2.20. The van der Waals surface area contributed by atoms with Gasteiger partial charge in [0.25, 0.3) is 5.69 Å². The Labute approximate surface area is 109 Å². The van der Waals surface area contributed by atoms with Gasteiger partial charge in [-0.05, 0) is 12.1 Å². The van der Waals surface area contributed by atoms with E-state index in [-0.39, 0.29) is 23.7 Å². The second kappa shape index (κ2) is 5.95. The predicted molar refractivity (Wildman–Crippen MR) is 67.8 cm³/mol. The highest BCUT2D eigenvalue weighted by Gasteiger charge is 2.15. The highest BCUT2D eigenvalue weighted by Crippen LogP contribution is 2.27. The van der Waals surface area contributed by atoms with Crippen molar-refractivity contribution in [3.05, 3.63) is 32.8 Å². The number of carbonyl (C=O) groups is 1. The Morgan fingerprint density at radius 1 is 1.50 bits per heavy atom. The molecule has 0 heterocycles. The Bertz CT molecular complexity index is 423. The van der Waals surface area contributed by atoms with Gasteiger partial charge in [-0.15, -0.1) is 0 Å². The molecule has 5 nitrogen and oxygen atoms in total. The van der Waals surface area contributed by atoms with Gasteiger partial charge < -0.3 is 5.32 Å². The summed E-state index contributed by atoms with van der Waals surface area (Å²) in [6.45, 7) is 0. The van der Waals surface area contributed by atoms with E-state index in [2.05, 4.69) is 37.2 Å². The third-order valence-electron chi connectivity index (χ3n) is 1.75. The van der Waals surface area contributed by atoms with E-state index in [1.807, 2.05) is 0 Å². The summed E-state index contributed by atoms with van der Waals surface area (Å²) in [6.07, 6.45) is 0.271. The summed E-state index contributed by atoms with van der Waals surface area (Å²) in [5.41, 5.74) is 0.0800. The molecule has 0 aliphatic carbocycles. The number of nitrogens with one attached hydrogen (secondary N) is 1. The zero-order valence-electron chi connectivity index (χ0n) is 8.07. The highest BCUT2D eigenvalue weighted by molar-refractivity contribution is 9.10. The van der Waals surface area contributed by atoms with Gasteiger partial charge in [0, 0.05) is 22.3 Å². The Kier molecular flexibility index (Phi) is 4.88. The molecule has 0 aliphatic heterocycles. The van der Waals surface area contributed by atoms with Crippen molar-refractivity contribution in [2.24, 2.45) is 0 Å². The van der Waals surface area contributed by atoms with Crippen molar-refractivity contribution in [3.8, 4) is 0 Å². The zero-order chi connectivity index (χ0) is 12.1. The lowest BCUT2D eigenvalue weighted by Gasteiger charge is -2.05. The monoisotopic (exact) mass is 350 g/mol. The second-order valence-electron chi connectivity index (χ2n) is 2.91. The molecule has 1 aromatic carbocycles. The second-order valence-corrected chi connectivity index (χ2v) is 4.61. The maximum absolute atomic E-state index is 11.3.